The third-order valence-electron chi connectivity index (χ3n) is 5.54. The highest BCUT2D eigenvalue weighted by molar-refractivity contribution is 5.89. The van der Waals surface area contributed by atoms with Gasteiger partial charge in [-0.15, -0.1) is 0 Å². The molecule has 2 aliphatic heterocycles. The van der Waals surface area contributed by atoms with Gasteiger partial charge >= 0.3 is 0 Å². The van der Waals surface area contributed by atoms with Crippen molar-refractivity contribution in [1.29, 1.82) is 0 Å². The van der Waals surface area contributed by atoms with Gasteiger partial charge in [0.1, 0.15) is 12.0 Å². The lowest BCUT2D eigenvalue weighted by atomic mass is 10.0. The molecule has 29 heavy (non-hydrogen) atoms. The predicted octanol–water partition coefficient (Wildman–Crippen LogP) is 1.30. The number of hydrazine groups is 1. The average Bonchev–Trinajstić information content (AvgIpc) is 3.27. The number of hydrogen-bond acceptors (Lipinski definition) is 6. The fourth-order valence-corrected chi connectivity index (χ4v) is 3.76. The molecule has 9 nitrogen and oxygen atoms in total. The molecule has 3 atom stereocenters. The second-order valence-electron chi connectivity index (χ2n) is 7.65. The minimum Gasteiger partial charge on any atom is -0.321 e. The van der Waals surface area contributed by atoms with Crippen molar-refractivity contribution < 1.29 is 9.59 Å². The van der Waals surface area contributed by atoms with Crippen LogP contribution in [0.4, 0.5) is 11.5 Å². The van der Waals surface area contributed by atoms with E-state index in [0.717, 1.165) is 11.4 Å². The van der Waals surface area contributed by atoms with E-state index in [1.54, 1.807) is 17.7 Å². The SMILES string of the molecule is CCC(=O)Nc1cc(C)nn1C1NC(=O)C2CNN(c3ccc(C)c(C)c3)C2N1. The van der Waals surface area contributed by atoms with Crippen molar-refractivity contribution in [2.75, 3.05) is 16.9 Å². The normalized spacial score (nSPS) is 23.7. The number of carbonyl (C=O) groups excluding carboxylic acids is 2. The molecule has 154 valence electrons. The summed E-state index contributed by atoms with van der Waals surface area (Å²) in [5.41, 5.74) is 7.50. The first-order chi connectivity index (χ1) is 13.9. The number of nitrogens with zero attached hydrogens (tertiary/aromatic N) is 3. The Hall–Kier alpha value is -2.91. The molecule has 0 bridgehead atoms. The first-order valence-corrected chi connectivity index (χ1v) is 9.89. The average molecular weight is 397 g/mol. The number of nitrogens with one attached hydrogen (secondary N) is 4. The first-order valence-electron chi connectivity index (χ1n) is 9.89. The van der Waals surface area contributed by atoms with E-state index in [2.05, 4.69) is 52.5 Å². The van der Waals surface area contributed by atoms with Gasteiger partial charge in [-0.3, -0.25) is 19.9 Å². The van der Waals surface area contributed by atoms with Gasteiger partial charge in [0.15, 0.2) is 6.29 Å². The zero-order valence-corrected chi connectivity index (χ0v) is 17.1. The molecular weight excluding hydrogens is 370 g/mol. The molecule has 2 aliphatic rings. The highest BCUT2D eigenvalue weighted by atomic mass is 16.2. The summed E-state index contributed by atoms with van der Waals surface area (Å²) in [6, 6.07) is 8.03. The minimum atomic E-state index is -0.571. The first kappa shape index (κ1) is 19.4. The Morgan fingerprint density at radius 1 is 1.24 bits per heavy atom. The number of amides is 2. The Balaban J connectivity index is 1.62. The Morgan fingerprint density at radius 2 is 2.03 bits per heavy atom. The third-order valence-corrected chi connectivity index (χ3v) is 5.54. The molecule has 1 aromatic carbocycles. The van der Waals surface area contributed by atoms with Gasteiger partial charge in [-0.05, 0) is 44.0 Å². The van der Waals surface area contributed by atoms with Gasteiger partial charge in [-0.2, -0.15) is 5.10 Å². The van der Waals surface area contributed by atoms with Crippen LogP contribution in [0.3, 0.4) is 0 Å². The number of anilines is 2. The lowest BCUT2D eigenvalue weighted by molar-refractivity contribution is -0.129. The van der Waals surface area contributed by atoms with Crippen LogP contribution in [-0.2, 0) is 9.59 Å². The van der Waals surface area contributed by atoms with Gasteiger partial charge in [0.2, 0.25) is 11.8 Å². The zero-order chi connectivity index (χ0) is 20.7. The number of benzene rings is 1. The summed E-state index contributed by atoms with van der Waals surface area (Å²) in [6.45, 7) is 8.34. The van der Waals surface area contributed by atoms with Crippen molar-refractivity contribution in [3.63, 3.8) is 0 Å². The maximum absolute atomic E-state index is 12.8. The minimum absolute atomic E-state index is 0.0569. The molecule has 2 saturated heterocycles. The summed E-state index contributed by atoms with van der Waals surface area (Å²) in [5.74, 6) is 0.149. The van der Waals surface area contributed by atoms with Crippen molar-refractivity contribution in [2.45, 2.75) is 46.6 Å². The summed E-state index contributed by atoms with van der Waals surface area (Å²) < 4.78 is 1.62. The van der Waals surface area contributed by atoms with Crippen molar-refractivity contribution in [1.82, 2.24) is 25.8 Å². The number of carbonyl (C=O) groups is 2. The Labute approximate surface area is 169 Å². The molecule has 0 radical (unpaired) electrons. The third kappa shape index (κ3) is 3.58. The predicted molar refractivity (Wildman–Crippen MR) is 110 cm³/mol. The molecule has 9 heteroatoms. The number of fused-ring (bicyclic) bond motifs is 1. The summed E-state index contributed by atoms with van der Waals surface area (Å²) >= 11 is 0. The molecule has 0 aliphatic carbocycles. The van der Waals surface area contributed by atoms with Crippen molar-refractivity contribution in [3.8, 4) is 0 Å². The fourth-order valence-electron chi connectivity index (χ4n) is 3.76. The van der Waals surface area contributed by atoms with Crippen LogP contribution in [0, 0.1) is 26.7 Å². The number of rotatable bonds is 4. The smallest absolute Gasteiger partial charge is 0.230 e. The van der Waals surface area contributed by atoms with Crippen LogP contribution >= 0.6 is 0 Å². The number of hydrogen-bond donors (Lipinski definition) is 4. The molecule has 0 spiro atoms. The fraction of sp³-hybridized carbons (Fsp3) is 0.450. The van der Waals surface area contributed by atoms with Crippen molar-refractivity contribution in [3.05, 3.63) is 41.1 Å². The van der Waals surface area contributed by atoms with Crippen molar-refractivity contribution in [2.24, 2.45) is 5.92 Å². The van der Waals surface area contributed by atoms with E-state index in [4.69, 9.17) is 0 Å². The summed E-state index contributed by atoms with van der Waals surface area (Å²) in [4.78, 5) is 24.7. The zero-order valence-electron chi connectivity index (χ0n) is 17.1. The molecule has 4 rings (SSSR count). The van der Waals surface area contributed by atoms with Crippen LogP contribution in [0.5, 0.6) is 0 Å². The molecule has 0 saturated carbocycles. The van der Waals surface area contributed by atoms with Crippen LogP contribution < -0.4 is 26.4 Å². The van der Waals surface area contributed by atoms with E-state index < -0.39 is 6.29 Å². The second kappa shape index (κ2) is 7.49. The molecular formula is C20H27N7O2. The second-order valence-corrected chi connectivity index (χ2v) is 7.65. The van der Waals surface area contributed by atoms with E-state index in [-0.39, 0.29) is 23.9 Å². The standard InChI is InChI=1S/C20H27N7O2/c1-5-17(28)22-16-9-13(4)25-27(16)20-23-18-15(19(29)24-20)10-21-26(18)14-7-6-11(2)12(3)8-14/h6-9,15,18,20-21,23H,5,10H2,1-4H3,(H,22,28)(H,24,29). The van der Waals surface area contributed by atoms with E-state index >= 15 is 0 Å². The van der Waals surface area contributed by atoms with E-state index in [1.165, 1.54) is 11.1 Å². The molecule has 2 amide bonds. The summed E-state index contributed by atoms with van der Waals surface area (Å²) in [7, 11) is 0. The molecule has 3 unspecified atom stereocenters. The molecule has 1 aromatic heterocycles. The van der Waals surface area contributed by atoms with Crippen LogP contribution in [0.25, 0.3) is 0 Å². The maximum Gasteiger partial charge on any atom is 0.230 e. The van der Waals surface area contributed by atoms with Crippen LogP contribution in [0.1, 0.15) is 36.5 Å². The van der Waals surface area contributed by atoms with Crippen LogP contribution in [0.15, 0.2) is 24.3 Å². The van der Waals surface area contributed by atoms with Crippen LogP contribution in [0.2, 0.25) is 0 Å². The van der Waals surface area contributed by atoms with Gasteiger partial charge in [0.25, 0.3) is 0 Å². The van der Waals surface area contributed by atoms with Gasteiger partial charge in [0.05, 0.1) is 17.3 Å². The van der Waals surface area contributed by atoms with Gasteiger partial charge < -0.3 is 10.6 Å². The molecule has 2 aromatic rings. The molecule has 2 fully saturated rings. The van der Waals surface area contributed by atoms with Gasteiger partial charge in [-0.1, -0.05) is 13.0 Å². The van der Waals surface area contributed by atoms with E-state index in [9.17, 15) is 9.59 Å². The number of aromatic nitrogens is 2. The van der Waals surface area contributed by atoms with Crippen LogP contribution in [-0.4, -0.2) is 34.3 Å². The quantitative estimate of drug-likeness (QED) is 0.620. The van der Waals surface area contributed by atoms with E-state index in [1.807, 2.05) is 18.0 Å². The molecule has 3 heterocycles. The highest BCUT2D eigenvalue weighted by Crippen LogP contribution is 2.29. The topological polar surface area (TPSA) is 103 Å². The van der Waals surface area contributed by atoms with Gasteiger partial charge in [-0.25, -0.2) is 10.1 Å². The van der Waals surface area contributed by atoms with E-state index in [0.29, 0.717) is 18.8 Å². The highest BCUT2D eigenvalue weighted by Gasteiger charge is 2.45. The number of aryl methyl sites for hydroxylation is 3. The monoisotopic (exact) mass is 397 g/mol. The summed E-state index contributed by atoms with van der Waals surface area (Å²) in [6.07, 6.45) is -0.447. The Bertz CT molecular complexity index is 954. The maximum atomic E-state index is 12.8. The molecule has 4 N–H and O–H groups in total. The van der Waals surface area contributed by atoms with Crippen molar-refractivity contribution >= 4 is 23.3 Å². The Morgan fingerprint density at radius 3 is 2.76 bits per heavy atom. The van der Waals surface area contributed by atoms with Gasteiger partial charge in [0, 0.05) is 19.0 Å². The Kier molecular flexibility index (Phi) is 5.01. The lowest BCUT2D eigenvalue weighted by Crippen LogP contribution is -2.61. The lowest BCUT2D eigenvalue weighted by Gasteiger charge is -2.37. The largest absolute Gasteiger partial charge is 0.321 e. The summed E-state index contributed by atoms with van der Waals surface area (Å²) in [5, 5.41) is 15.8.